The van der Waals surface area contributed by atoms with E-state index in [2.05, 4.69) is 20.6 Å². The Morgan fingerprint density at radius 2 is 1.68 bits per heavy atom. The van der Waals surface area contributed by atoms with Gasteiger partial charge in [-0.15, -0.1) is 0 Å². The molecule has 5 aliphatic rings. The number of nitrogens with two attached hydrogens (primary N) is 1. The molecular formula is C54H61ClF3N9O7. The van der Waals surface area contributed by atoms with E-state index in [9.17, 15) is 24.3 Å². The van der Waals surface area contributed by atoms with Crippen LogP contribution in [0.2, 0.25) is 5.02 Å². The number of carbonyl (C=O) groups excluding carboxylic acids is 4. The summed E-state index contributed by atoms with van der Waals surface area (Å²) in [6, 6.07) is 14.1. The van der Waals surface area contributed by atoms with E-state index in [0.717, 1.165) is 76.6 Å². The van der Waals surface area contributed by atoms with E-state index < -0.39 is 45.9 Å². The van der Waals surface area contributed by atoms with Crippen molar-refractivity contribution in [2.75, 3.05) is 63.9 Å². The number of fused-ring (bicyclic) bond motifs is 2. The predicted octanol–water partition coefficient (Wildman–Crippen LogP) is 7.28. The number of likely N-dealkylation sites (tertiary alicyclic amines) is 2. The molecule has 2 atom stereocenters. The van der Waals surface area contributed by atoms with Crippen molar-refractivity contribution in [1.29, 1.82) is 0 Å². The van der Waals surface area contributed by atoms with Gasteiger partial charge in [-0.2, -0.15) is 5.10 Å². The maximum atomic E-state index is 16.5. The Kier molecular flexibility index (Phi) is 14.6. The number of imide groups is 1. The Balaban J connectivity index is 0.735. The fourth-order valence-electron chi connectivity index (χ4n) is 12.1. The lowest BCUT2D eigenvalue weighted by Gasteiger charge is -2.40. The number of halogens is 4. The van der Waals surface area contributed by atoms with Crippen molar-refractivity contribution in [3.05, 3.63) is 99.5 Å². The van der Waals surface area contributed by atoms with Crippen LogP contribution in [0, 0.1) is 29.3 Å². The number of hydrogen-bond acceptors (Lipinski definition) is 11. The predicted molar refractivity (Wildman–Crippen MR) is 271 cm³/mol. The van der Waals surface area contributed by atoms with Gasteiger partial charge in [-0.1, -0.05) is 48.9 Å². The molecule has 0 unspecified atom stereocenters. The largest absolute Gasteiger partial charge is 0.488 e. The summed E-state index contributed by atoms with van der Waals surface area (Å²) in [7, 11) is 1.71. The van der Waals surface area contributed by atoms with Gasteiger partial charge in [-0.05, 0) is 94.1 Å². The van der Waals surface area contributed by atoms with E-state index in [1.807, 2.05) is 42.2 Å². The van der Waals surface area contributed by atoms with Crippen LogP contribution >= 0.6 is 11.6 Å². The van der Waals surface area contributed by atoms with Crippen molar-refractivity contribution in [3.63, 3.8) is 0 Å². The number of anilines is 1. The minimum atomic E-state index is -1.12. The lowest BCUT2D eigenvalue weighted by atomic mass is 9.77. The molecule has 16 nitrogen and oxygen atoms in total. The smallest absolute Gasteiger partial charge is 0.329 e. The van der Waals surface area contributed by atoms with Crippen LogP contribution in [0.15, 0.2) is 54.6 Å². The molecule has 4 aliphatic heterocycles. The number of aryl methyl sites for hydroxylation is 1. The van der Waals surface area contributed by atoms with E-state index in [1.165, 1.54) is 29.2 Å². The fraction of sp³-hybridized carbons (Fsp3) is 0.481. The molecule has 0 radical (unpaired) electrons. The Labute approximate surface area is 431 Å². The molecule has 2 aromatic heterocycles. The van der Waals surface area contributed by atoms with Gasteiger partial charge in [-0.25, -0.2) is 27.6 Å². The van der Waals surface area contributed by atoms with E-state index in [-0.39, 0.29) is 96.4 Å². The third kappa shape index (κ3) is 9.67. The first-order valence-electron chi connectivity index (χ1n) is 25.7. The molecule has 0 spiro atoms. The summed E-state index contributed by atoms with van der Waals surface area (Å²) in [5, 5.41) is 19.9. The highest BCUT2D eigenvalue weighted by Gasteiger charge is 2.50. The minimum absolute atomic E-state index is 0.0504. The number of benzene rings is 3. The van der Waals surface area contributed by atoms with E-state index in [4.69, 9.17) is 31.8 Å². The number of aliphatic hydroxyl groups excluding tert-OH is 1. The van der Waals surface area contributed by atoms with Gasteiger partial charge in [0.2, 0.25) is 17.7 Å². The molecule has 74 heavy (non-hydrogen) atoms. The zero-order valence-corrected chi connectivity index (χ0v) is 42.2. The number of carbonyl (C=O) groups is 4. The average molecular weight is 1040 g/mol. The van der Waals surface area contributed by atoms with Crippen molar-refractivity contribution in [1.82, 2.24) is 35.2 Å². The number of aromatic nitrogens is 3. The summed E-state index contributed by atoms with van der Waals surface area (Å²) >= 11 is 6.72. The maximum absolute atomic E-state index is 16.5. The van der Waals surface area contributed by atoms with Gasteiger partial charge >= 0.3 is 6.03 Å². The first-order valence-corrected chi connectivity index (χ1v) is 26.0. The van der Waals surface area contributed by atoms with Crippen LogP contribution in [-0.2, 0) is 22.2 Å². The normalized spacial score (nSPS) is 23.0. The van der Waals surface area contributed by atoms with Crippen LogP contribution < -0.4 is 30.7 Å². The molecular weight excluding hydrogens is 979 g/mol. The van der Waals surface area contributed by atoms with Crippen molar-refractivity contribution < 1.29 is 46.9 Å². The summed E-state index contributed by atoms with van der Waals surface area (Å²) in [6.07, 6.45) is 6.43. The SMILES string of the molecule is C[C@H]1c2c(cc(F)c(Cl)c2-c2c(C(N)=O)ccc(OCCO)c2F)O[C@]1(CNC1CCC(C(=O)N2CCC(CN3CCC(c4nc5c(cc4F)c(N4CCC(=O)NC4=O)nn5C)CC3)CC2)CC1)c1ccccc1. The number of primary amides is 1. The number of nitrogens with zero attached hydrogens (tertiary/aromatic N) is 6. The van der Waals surface area contributed by atoms with Crippen LogP contribution in [0.3, 0.4) is 0 Å². The zero-order valence-electron chi connectivity index (χ0n) is 41.5. The molecule has 5 amide bonds. The van der Waals surface area contributed by atoms with Crippen molar-refractivity contribution in [2.45, 2.75) is 88.2 Å². The van der Waals surface area contributed by atoms with Crippen molar-refractivity contribution in [3.8, 4) is 22.6 Å². The summed E-state index contributed by atoms with van der Waals surface area (Å²) in [6.45, 7) is 5.70. The highest BCUT2D eigenvalue weighted by atomic mass is 35.5. The number of piperidine rings is 2. The average Bonchev–Trinajstić information content (AvgIpc) is 3.87. The Morgan fingerprint density at radius 3 is 2.36 bits per heavy atom. The molecule has 392 valence electrons. The molecule has 5 aromatic rings. The summed E-state index contributed by atoms with van der Waals surface area (Å²) in [4.78, 5) is 61.6. The second kappa shape index (κ2) is 21.2. The number of aliphatic hydroxyl groups is 1. The zero-order chi connectivity index (χ0) is 52.0. The second-order valence-electron chi connectivity index (χ2n) is 20.5. The monoisotopic (exact) mass is 1040 g/mol. The van der Waals surface area contributed by atoms with E-state index >= 15 is 13.2 Å². The van der Waals surface area contributed by atoms with E-state index in [1.54, 1.807) is 11.7 Å². The van der Waals surface area contributed by atoms with Gasteiger partial charge in [0.1, 0.15) is 24.0 Å². The molecule has 20 heteroatoms. The van der Waals surface area contributed by atoms with Crippen LogP contribution in [0.5, 0.6) is 11.5 Å². The summed E-state index contributed by atoms with van der Waals surface area (Å²) in [5.74, 6) is -3.48. The second-order valence-corrected chi connectivity index (χ2v) is 20.9. The lowest BCUT2D eigenvalue weighted by Crippen LogP contribution is -2.49. The van der Waals surface area contributed by atoms with Crippen LogP contribution in [0.25, 0.3) is 22.2 Å². The minimum Gasteiger partial charge on any atom is -0.488 e. The van der Waals surface area contributed by atoms with Crippen molar-refractivity contribution >= 4 is 52.2 Å². The van der Waals surface area contributed by atoms with E-state index in [0.29, 0.717) is 41.3 Å². The molecule has 4 fully saturated rings. The van der Waals surface area contributed by atoms with Gasteiger partial charge in [0.15, 0.2) is 28.6 Å². The molecule has 0 bridgehead atoms. The van der Waals surface area contributed by atoms with Crippen molar-refractivity contribution in [2.24, 2.45) is 24.6 Å². The number of ether oxygens (including phenoxy) is 2. The molecule has 10 rings (SSSR count). The highest BCUT2D eigenvalue weighted by molar-refractivity contribution is 6.34. The Morgan fingerprint density at radius 1 is 0.946 bits per heavy atom. The molecule has 5 N–H and O–H groups in total. The van der Waals surface area contributed by atoms with Crippen LogP contribution in [0.4, 0.5) is 23.8 Å². The summed E-state index contributed by atoms with van der Waals surface area (Å²) < 4.78 is 61.9. The topological polar surface area (TPSA) is 197 Å². The van der Waals surface area contributed by atoms with Crippen LogP contribution in [0.1, 0.15) is 104 Å². The number of pyridine rings is 1. The van der Waals surface area contributed by atoms with Crippen LogP contribution in [-0.4, -0.2) is 118 Å². The fourth-order valence-corrected chi connectivity index (χ4v) is 12.3. The maximum Gasteiger partial charge on any atom is 0.329 e. The molecule has 1 saturated carbocycles. The summed E-state index contributed by atoms with van der Waals surface area (Å²) in [5.41, 5.74) is 6.13. The third-order valence-corrected chi connectivity index (χ3v) is 16.5. The van der Waals surface area contributed by atoms with Gasteiger partial charge < -0.3 is 35.4 Å². The number of nitrogens with one attached hydrogen (secondary N) is 2. The van der Waals surface area contributed by atoms with Gasteiger partial charge in [0, 0.05) is 92.7 Å². The number of hydrogen-bond donors (Lipinski definition) is 4. The number of amides is 5. The Hall–Kier alpha value is -6.28. The quantitative estimate of drug-likeness (QED) is 0.0873. The standard InChI is InChI=1S/C54H61ClF3N9O7/c1-30-43-41(27-38(56)46(55)45(43)44-36(49(59)70)12-13-40(47(44)58)73-25-24-68)74-54(30,34-6-4-3-5-7-34)29-60-35-10-8-33(9-11-35)52(71)66-21-14-31(15-22-66)28-65-19-16-32(17-20-65)48-39(57)26-37-50(62-48)64(2)63-51(37)67-23-18-42(69)61-53(67)72/h3-7,12-13,26-27,30-33,35,60,68H,8-11,14-25,28-29H2,1-2H3,(H2,59,70)(H,61,69,72)/t30-,33?,35?,54-/m0/s1. The molecule has 1 aliphatic carbocycles. The van der Waals surface area contributed by atoms with Gasteiger partial charge in [-0.3, -0.25) is 24.6 Å². The first-order chi connectivity index (χ1) is 35.6. The number of rotatable bonds is 14. The first kappa shape index (κ1) is 51.2. The Bertz CT molecular complexity index is 2980. The lowest BCUT2D eigenvalue weighted by molar-refractivity contribution is -0.138. The van der Waals surface area contributed by atoms with Gasteiger partial charge in [0.05, 0.1) is 28.3 Å². The molecule has 3 saturated heterocycles. The molecule has 6 heterocycles. The van der Waals surface area contributed by atoms with Gasteiger partial charge in [0.25, 0.3) is 0 Å². The highest BCUT2D eigenvalue weighted by Crippen LogP contribution is 2.56. The molecule has 3 aromatic carbocycles. The number of urea groups is 1. The third-order valence-electron chi connectivity index (χ3n) is 16.1.